The Morgan fingerprint density at radius 2 is 1.94 bits per heavy atom. The van der Waals surface area contributed by atoms with Gasteiger partial charge < -0.3 is 10.1 Å². The molecule has 1 aromatic rings. The van der Waals surface area contributed by atoms with Crippen LogP contribution < -0.4 is 5.32 Å². The second-order valence-electron chi connectivity index (χ2n) is 5.31. The number of rotatable bonds is 8. The van der Waals surface area contributed by atoms with Crippen LogP contribution >= 0.6 is 0 Å². The number of hydrogen-bond acceptors (Lipinski definition) is 2. The van der Waals surface area contributed by atoms with Gasteiger partial charge in [0.1, 0.15) is 0 Å². The zero-order valence-electron chi connectivity index (χ0n) is 12.2. The summed E-state index contributed by atoms with van der Waals surface area (Å²) in [6, 6.07) is 8.79. The molecular formula is C16H27NO. The van der Waals surface area contributed by atoms with Crippen LogP contribution in [-0.4, -0.2) is 20.3 Å². The van der Waals surface area contributed by atoms with Gasteiger partial charge in [-0.3, -0.25) is 0 Å². The number of likely N-dealkylation sites (N-methyl/N-ethyl adjacent to an activating group) is 1. The fourth-order valence-corrected chi connectivity index (χ4v) is 2.10. The van der Waals surface area contributed by atoms with Crippen molar-refractivity contribution in [2.75, 3.05) is 20.3 Å². The van der Waals surface area contributed by atoms with Crippen LogP contribution in [0.5, 0.6) is 0 Å². The molecule has 0 radical (unpaired) electrons. The van der Waals surface area contributed by atoms with Crippen molar-refractivity contribution >= 4 is 0 Å². The lowest BCUT2D eigenvalue weighted by atomic mass is 10.0. The van der Waals surface area contributed by atoms with Gasteiger partial charge in [0, 0.05) is 6.61 Å². The van der Waals surface area contributed by atoms with Gasteiger partial charge in [0.05, 0.1) is 12.6 Å². The van der Waals surface area contributed by atoms with Crippen LogP contribution in [0.1, 0.15) is 43.9 Å². The summed E-state index contributed by atoms with van der Waals surface area (Å²) in [5.74, 6) is 0.769. The number of hydrogen-bond donors (Lipinski definition) is 1. The summed E-state index contributed by atoms with van der Waals surface area (Å²) in [4.78, 5) is 0. The van der Waals surface area contributed by atoms with Crippen molar-refractivity contribution in [3.05, 3.63) is 35.4 Å². The van der Waals surface area contributed by atoms with Gasteiger partial charge in [-0.25, -0.2) is 0 Å². The molecule has 0 bridgehead atoms. The fraction of sp³-hybridized carbons (Fsp3) is 0.625. The summed E-state index contributed by atoms with van der Waals surface area (Å²) in [6.07, 6.45) is 2.40. The quantitative estimate of drug-likeness (QED) is 0.709. The van der Waals surface area contributed by atoms with Gasteiger partial charge in [0.2, 0.25) is 0 Å². The molecule has 1 atom stereocenters. The Hall–Kier alpha value is -0.860. The first-order valence-electron chi connectivity index (χ1n) is 6.95. The highest BCUT2D eigenvalue weighted by Gasteiger charge is 2.11. The minimum Gasteiger partial charge on any atom is -0.379 e. The summed E-state index contributed by atoms with van der Waals surface area (Å²) < 4.78 is 5.78. The lowest BCUT2D eigenvalue weighted by molar-refractivity contribution is 0.108. The van der Waals surface area contributed by atoms with E-state index in [9.17, 15) is 0 Å². The van der Waals surface area contributed by atoms with Gasteiger partial charge in [-0.05, 0) is 43.9 Å². The average Bonchev–Trinajstić information content (AvgIpc) is 2.35. The van der Waals surface area contributed by atoms with Crippen molar-refractivity contribution in [1.29, 1.82) is 0 Å². The smallest absolute Gasteiger partial charge is 0.0661 e. The second-order valence-corrected chi connectivity index (χ2v) is 5.31. The maximum atomic E-state index is 5.78. The van der Waals surface area contributed by atoms with Crippen molar-refractivity contribution in [1.82, 2.24) is 5.32 Å². The molecule has 1 rings (SSSR count). The molecule has 1 aromatic carbocycles. The molecule has 0 spiro atoms. The average molecular weight is 249 g/mol. The van der Waals surface area contributed by atoms with E-state index in [1.54, 1.807) is 0 Å². The van der Waals surface area contributed by atoms with E-state index >= 15 is 0 Å². The third kappa shape index (κ3) is 5.19. The molecule has 0 aliphatic carbocycles. The normalized spacial score (nSPS) is 12.9. The van der Waals surface area contributed by atoms with E-state index in [4.69, 9.17) is 4.74 Å². The van der Waals surface area contributed by atoms with E-state index in [2.05, 4.69) is 50.4 Å². The maximum absolute atomic E-state index is 5.78. The maximum Gasteiger partial charge on any atom is 0.0661 e. The number of ether oxygens (including phenoxy) is 1. The third-order valence-corrected chi connectivity index (χ3v) is 3.27. The molecule has 2 heteroatoms. The molecule has 102 valence electrons. The molecule has 2 nitrogen and oxygen atoms in total. The van der Waals surface area contributed by atoms with Crippen molar-refractivity contribution in [3.63, 3.8) is 0 Å². The first-order valence-corrected chi connectivity index (χ1v) is 6.95. The first-order chi connectivity index (χ1) is 8.65. The predicted molar refractivity (Wildman–Crippen MR) is 77.9 cm³/mol. The van der Waals surface area contributed by atoms with Crippen LogP contribution in [-0.2, 0) is 4.74 Å². The number of nitrogens with one attached hydrogen (secondary N) is 1. The molecule has 0 fully saturated rings. The highest BCUT2D eigenvalue weighted by atomic mass is 16.5. The van der Waals surface area contributed by atoms with Gasteiger partial charge in [-0.1, -0.05) is 38.1 Å². The molecule has 1 unspecified atom stereocenters. The standard InChI is InChI=1S/C16H27NO/c1-13(2)8-7-11-18-12-16(17-4)15-10-6-5-9-14(15)3/h5-6,9-10,13,16-17H,7-8,11-12H2,1-4H3. The van der Waals surface area contributed by atoms with Crippen molar-refractivity contribution in [3.8, 4) is 0 Å². The Kier molecular flexibility index (Phi) is 6.99. The predicted octanol–water partition coefficient (Wildman–Crippen LogP) is 3.71. The Morgan fingerprint density at radius 1 is 1.22 bits per heavy atom. The van der Waals surface area contributed by atoms with Crippen molar-refractivity contribution < 1.29 is 4.74 Å². The minimum atomic E-state index is 0.297. The third-order valence-electron chi connectivity index (χ3n) is 3.27. The first kappa shape index (κ1) is 15.2. The van der Waals surface area contributed by atoms with Gasteiger partial charge in [0.25, 0.3) is 0 Å². The topological polar surface area (TPSA) is 21.3 Å². The molecule has 1 N–H and O–H groups in total. The van der Waals surface area contributed by atoms with E-state index < -0.39 is 0 Å². The van der Waals surface area contributed by atoms with E-state index in [0.717, 1.165) is 25.6 Å². The minimum absolute atomic E-state index is 0.297. The summed E-state index contributed by atoms with van der Waals surface area (Å²) in [7, 11) is 1.99. The van der Waals surface area contributed by atoms with Crippen LogP contribution in [0.15, 0.2) is 24.3 Å². The van der Waals surface area contributed by atoms with Gasteiger partial charge in [-0.2, -0.15) is 0 Å². The summed E-state index contributed by atoms with van der Waals surface area (Å²) >= 11 is 0. The Balaban J connectivity index is 2.36. The molecular weight excluding hydrogens is 222 g/mol. The lowest BCUT2D eigenvalue weighted by Gasteiger charge is -2.19. The van der Waals surface area contributed by atoms with E-state index in [0.29, 0.717) is 6.04 Å². The molecule has 0 heterocycles. The van der Waals surface area contributed by atoms with Gasteiger partial charge in [-0.15, -0.1) is 0 Å². The molecule has 0 saturated heterocycles. The van der Waals surface area contributed by atoms with E-state index in [1.165, 1.54) is 17.5 Å². The molecule has 0 amide bonds. The van der Waals surface area contributed by atoms with E-state index in [-0.39, 0.29) is 0 Å². The van der Waals surface area contributed by atoms with Crippen molar-refractivity contribution in [2.24, 2.45) is 5.92 Å². The van der Waals surface area contributed by atoms with Crippen LogP contribution in [0.2, 0.25) is 0 Å². The van der Waals surface area contributed by atoms with Crippen LogP contribution in [0.4, 0.5) is 0 Å². The zero-order valence-corrected chi connectivity index (χ0v) is 12.2. The van der Waals surface area contributed by atoms with Crippen LogP contribution in [0.3, 0.4) is 0 Å². The Morgan fingerprint density at radius 3 is 2.56 bits per heavy atom. The molecule has 0 aliphatic heterocycles. The van der Waals surface area contributed by atoms with Crippen LogP contribution in [0, 0.1) is 12.8 Å². The van der Waals surface area contributed by atoms with Crippen LogP contribution in [0.25, 0.3) is 0 Å². The Bertz CT molecular complexity index is 336. The second kappa shape index (κ2) is 8.28. The highest BCUT2D eigenvalue weighted by Crippen LogP contribution is 2.17. The SMILES string of the molecule is CNC(COCCCC(C)C)c1ccccc1C. The molecule has 18 heavy (non-hydrogen) atoms. The Labute approximate surface area is 112 Å². The van der Waals surface area contributed by atoms with Gasteiger partial charge in [0.15, 0.2) is 0 Å². The van der Waals surface area contributed by atoms with Crippen molar-refractivity contribution in [2.45, 2.75) is 39.7 Å². The molecule has 0 aromatic heterocycles. The van der Waals surface area contributed by atoms with E-state index in [1.807, 2.05) is 7.05 Å². The highest BCUT2D eigenvalue weighted by molar-refractivity contribution is 5.28. The largest absolute Gasteiger partial charge is 0.379 e. The summed E-state index contributed by atoms with van der Waals surface area (Å²) in [5.41, 5.74) is 2.66. The monoisotopic (exact) mass is 249 g/mol. The molecule has 0 aliphatic rings. The van der Waals surface area contributed by atoms with Gasteiger partial charge >= 0.3 is 0 Å². The number of aryl methyl sites for hydroxylation is 1. The zero-order chi connectivity index (χ0) is 13.4. The number of benzene rings is 1. The summed E-state index contributed by atoms with van der Waals surface area (Å²) in [6.45, 7) is 8.27. The lowest BCUT2D eigenvalue weighted by Crippen LogP contribution is -2.23. The summed E-state index contributed by atoms with van der Waals surface area (Å²) in [5, 5.41) is 3.33. The fourth-order valence-electron chi connectivity index (χ4n) is 2.10. The molecule has 0 saturated carbocycles.